The predicted molar refractivity (Wildman–Crippen MR) is 120 cm³/mol. The van der Waals surface area contributed by atoms with E-state index in [0.717, 1.165) is 12.5 Å². The van der Waals surface area contributed by atoms with E-state index in [4.69, 9.17) is 4.74 Å². The largest absolute Gasteiger partial charge is 0.502 e. The summed E-state index contributed by atoms with van der Waals surface area (Å²) in [5.74, 6) is -0.335. The molecule has 0 saturated heterocycles. The average Bonchev–Trinajstić information content (AvgIpc) is 2.66. The molecule has 2 aromatic carbocycles. The van der Waals surface area contributed by atoms with Gasteiger partial charge in [0.1, 0.15) is 5.75 Å². The van der Waals surface area contributed by atoms with Crippen molar-refractivity contribution < 1.29 is 19.6 Å². The fourth-order valence-electron chi connectivity index (χ4n) is 3.56. The van der Waals surface area contributed by atoms with Crippen LogP contribution in [-0.4, -0.2) is 28.8 Å². The van der Waals surface area contributed by atoms with Gasteiger partial charge >= 0.3 is 5.69 Å². The van der Waals surface area contributed by atoms with Crippen molar-refractivity contribution in [2.24, 2.45) is 10.5 Å². The Morgan fingerprint density at radius 3 is 2.39 bits per heavy atom. The van der Waals surface area contributed by atoms with E-state index < -0.39 is 22.3 Å². The highest BCUT2D eigenvalue weighted by Gasteiger charge is 2.27. The Kier molecular flexibility index (Phi) is 7.38. The van der Waals surface area contributed by atoms with Crippen LogP contribution >= 0.6 is 0 Å². The van der Waals surface area contributed by atoms with Gasteiger partial charge in [-0.1, -0.05) is 46.8 Å². The number of aromatic hydroxyl groups is 1. The van der Waals surface area contributed by atoms with E-state index in [0.29, 0.717) is 11.3 Å². The van der Waals surface area contributed by atoms with E-state index in [2.05, 4.69) is 45.1 Å². The Balaban J connectivity index is 1.88. The maximum atomic E-state index is 11.9. The Hall–Kier alpha value is -3.42. The summed E-state index contributed by atoms with van der Waals surface area (Å²) in [6.07, 6.45) is 2.28. The number of amides is 1. The molecule has 0 aliphatic heterocycles. The Morgan fingerprint density at radius 1 is 1.16 bits per heavy atom. The number of nitrogens with one attached hydrogen (secondary N) is 1. The maximum absolute atomic E-state index is 11.9. The number of hydrogen-bond acceptors (Lipinski definition) is 6. The van der Waals surface area contributed by atoms with Crippen LogP contribution in [0.25, 0.3) is 0 Å². The van der Waals surface area contributed by atoms with E-state index in [1.54, 1.807) is 0 Å². The minimum absolute atomic E-state index is 0.0200. The first-order valence-corrected chi connectivity index (χ1v) is 9.90. The summed E-state index contributed by atoms with van der Waals surface area (Å²) in [7, 11) is 0. The summed E-state index contributed by atoms with van der Waals surface area (Å²) >= 11 is 0. The van der Waals surface area contributed by atoms with Gasteiger partial charge in [0.2, 0.25) is 0 Å². The van der Waals surface area contributed by atoms with Gasteiger partial charge in [0.05, 0.1) is 11.1 Å². The fraction of sp³-hybridized carbons (Fsp3) is 0.391. The van der Waals surface area contributed by atoms with Crippen LogP contribution in [0.2, 0.25) is 0 Å². The molecule has 0 atom stereocenters. The first-order chi connectivity index (χ1) is 14.4. The fourth-order valence-corrected chi connectivity index (χ4v) is 3.56. The molecule has 0 fully saturated rings. The maximum Gasteiger partial charge on any atom is 0.311 e. The van der Waals surface area contributed by atoms with Crippen LogP contribution in [0.1, 0.15) is 52.2 Å². The highest BCUT2D eigenvalue weighted by molar-refractivity contribution is 5.84. The summed E-state index contributed by atoms with van der Waals surface area (Å²) in [5.41, 5.74) is 3.65. The lowest BCUT2D eigenvalue weighted by Crippen LogP contribution is -2.25. The van der Waals surface area contributed by atoms with Crippen LogP contribution < -0.4 is 10.2 Å². The SMILES string of the molecule is CC(C)(C)CC(C)(C)c1ccc(OCC(=O)N/N=C/c2ccc(O)c([N+](=O)[O-])c2)cc1. The molecular formula is C23H29N3O5. The molecule has 0 unspecified atom stereocenters. The zero-order valence-corrected chi connectivity index (χ0v) is 18.5. The zero-order chi connectivity index (χ0) is 23.2. The van der Waals surface area contributed by atoms with E-state index in [1.165, 1.54) is 23.9 Å². The van der Waals surface area contributed by atoms with Gasteiger partial charge in [-0.3, -0.25) is 14.9 Å². The Bertz CT molecular complexity index is 960. The Labute approximate surface area is 182 Å². The molecule has 0 aliphatic carbocycles. The van der Waals surface area contributed by atoms with E-state index in [1.807, 2.05) is 24.3 Å². The minimum Gasteiger partial charge on any atom is -0.502 e. The van der Waals surface area contributed by atoms with Gasteiger partial charge in [0, 0.05) is 11.6 Å². The summed E-state index contributed by atoms with van der Waals surface area (Å²) in [4.78, 5) is 22.0. The van der Waals surface area contributed by atoms with Crippen molar-refractivity contribution in [3.63, 3.8) is 0 Å². The smallest absolute Gasteiger partial charge is 0.311 e. The van der Waals surface area contributed by atoms with Crippen molar-refractivity contribution >= 4 is 17.8 Å². The molecule has 0 spiro atoms. The lowest BCUT2D eigenvalue weighted by Gasteiger charge is -2.33. The van der Waals surface area contributed by atoms with Crippen LogP contribution in [0.4, 0.5) is 5.69 Å². The third-order valence-electron chi connectivity index (χ3n) is 4.58. The normalized spacial score (nSPS) is 12.0. The van der Waals surface area contributed by atoms with Crippen molar-refractivity contribution in [2.45, 2.75) is 46.5 Å². The van der Waals surface area contributed by atoms with E-state index >= 15 is 0 Å². The topological polar surface area (TPSA) is 114 Å². The van der Waals surface area contributed by atoms with Crippen LogP contribution in [-0.2, 0) is 10.2 Å². The molecule has 31 heavy (non-hydrogen) atoms. The van der Waals surface area contributed by atoms with Crippen LogP contribution in [0.15, 0.2) is 47.6 Å². The minimum atomic E-state index is -0.700. The van der Waals surface area contributed by atoms with E-state index in [-0.39, 0.29) is 17.4 Å². The number of carbonyl (C=O) groups excluding carboxylic acids is 1. The summed E-state index contributed by atoms with van der Waals surface area (Å²) in [6.45, 7) is 10.9. The third-order valence-corrected chi connectivity index (χ3v) is 4.58. The molecule has 8 nitrogen and oxygen atoms in total. The van der Waals surface area contributed by atoms with Crippen LogP contribution in [0.5, 0.6) is 11.5 Å². The Morgan fingerprint density at radius 2 is 1.81 bits per heavy atom. The van der Waals surface area contributed by atoms with Crippen LogP contribution in [0.3, 0.4) is 0 Å². The molecule has 2 aromatic rings. The van der Waals surface area contributed by atoms with Crippen molar-refractivity contribution in [3.05, 3.63) is 63.7 Å². The molecule has 0 heterocycles. The molecule has 166 valence electrons. The van der Waals surface area contributed by atoms with Crippen molar-refractivity contribution in [1.82, 2.24) is 5.43 Å². The highest BCUT2D eigenvalue weighted by Crippen LogP contribution is 2.36. The lowest BCUT2D eigenvalue weighted by molar-refractivity contribution is -0.385. The molecule has 0 aromatic heterocycles. The molecular weight excluding hydrogens is 398 g/mol. The van der Waals surface area contributed by atoms with Gasteiger partial charge in [-0.2, -0.15) is 5.10 Å². The van der Waals surface area contributed by atoms with Crippen molar-refractivity contribution in [1.29, 1.82) is 0 Å². The molecule has 2 N–H and O–H groups in total. The highest BCUT2D eigenvalue weighted by atomic mass is 16.6. The first kappa shape index (κ1) is 23.9. The van der Waals surface area contributed by atoms with Gasteiger partial charge in [-0.25, -0.2) is 5.43 Å². The standard InChI is InChI=1S/C23H29N3O5/c1-22(2,3)15-23(4,5)17-7-9-18(10-8-17)31-14-21(28)25-24-13-16-6-11-20(27)19(12-16)26(29)30/h6-13,27H,14-15H2,1-5H3,(H,25,28)/b24-13+. The molecule has 1 amide bonds. The number of hydrazone groups is 1. The number of benzene rings is 2. The van der Waals surface area contributed by atoms with Crippen molar-refractivity contribution in [3.8, 4) is 11.5 Å². The molecule has 0 aliphatic rings. The molecule has 0 bridgehead atoms. The molecule has 0 saturated carbocycles. The van der Waals surface area contributed by atoms with Gasteiger partial charge in [0.15, 0.2) is 12.4 Å². The van der Waals surface area contributed by atoms with Gasteiger partial charge in [0.25, 0.3) is 5.91 Å². The second-order valence-corrected chi connectivity index (χ2v) is 9.23. The van der Waals surface area contributed by atoms with Gasteiger partial charge in [-0.05, 0) is 47.1 Å². The second kappa shape index (κ2) is 9.59. The lowest BCUT2D eigenvalue weighted by atomic mass is 9.72. The molecule has 2 rings (SSSR count). The van der Waals surface area contributed by atoms with Crippen molar-refractivity contribution in [2.75, 3.05) is 6.61 Å². The predicted octanol–water partition coefficient (Wildman–Crippen LogP) is 4.54. The van der Waals surface area contributed by atoms with Gasteiger partial charge < -0.3 is 9.84 Å². The monoisotopic (exact) mass is 427 g/mol. The number of rotatable bonds is 8. The summed E-state index contributed by atoms with van der Waals surface area (Å²) < 4.78 is 5.50. The number of ether oxygens (including phenoxy) is 1. The van der Waals surface area contributed by atoms with E-state index in [9.17, 15) is 20.0 Å². The number of carbonyl (C=O) groups is 1. The number of nitro groups is 1. The number of phenolic OH excluding ortho intramolecular Hbond substituents is 1. The third kappa shape index (κ3) is 7.40. The number of nitrogens with zero attached hydrogens (tertiary/aromatic N) is 2. The van der Waals surface area contributed by atoms with Gasteiger partial charge in [-0.15, -0.1) is 0 Å². The summed E-state index contributed by atoms with van der Waals surface area (Å²) in [5, 5.41) is 24.0. The summed E-state index contributed by atoms with van der Waals surface area (Å²) in [6, 6.07) is 11.5. The quantitative estimate of drug-likeness (QED) is 0.365. The zero-order valence-electron chi connectivity index (χ0n) is 18.5. The number of hydrogen-bond donors (Lipinski definition) is 2. The second-order valence-electron chi connectivity index (χ2n) is 9.23. The average molecular weight is 428 g/mol. The number of nitro benzene ring substituents is 1. The molecule has 8 heteroatoms. The van der Waals surface area contributed by atoms with Crippen LogP contribution in [0, 0.1) is 15.5 Å². The number of phenols is 1. The first-order valence-electron chi connectivity index (χ1n) is 9.90. The molecule has 0 radical (unpaired) electrons.